The normalized spacial score (nSPS) is 14.1. The maximum atomic E-state index is 13.0. The minimum atomic E-state index is -0.0523. The number of allylic oxidation sites excluding steroid dienone is 1. The zero-order chi connectivity index (χ0) is 20.4. The summed E-state index contributed by atoms with van der Waals surface area (Å²) in [5.41, 5.74) is 6.61. The summed E-state index contributed by atoms with van der Waals surface area (Å²) in [5, 5.41) is 8.62. The predicted molar refractivity (Wildman–Crippen MR) is 117 cm³/mol. The molecule has 0 atom stereocenters. The second-order valence-corrected chi connectivity index (χ2v) is 7.96. The van der Waals surface area contributed by atoms with Crippen LogP contribution in [0.5, 0.6) is 0 Å². The Kier molecular flexibility index (Phi) is 5.47. The Labute approximate surface area is 171 Å². The second kappa shape index (κ2) is 8.19. The van der Waals surface area contributed by atoms with Gasteiger partial charge < -0.3 is 5.32 Å². The molecule has 2 heterocycles. The van der Waals surface area contributed by atoms with Crippen LogP contribution in [0.15, 0.2) is 42.0 Å². The van der Waals surface area contributed by atoms with E-state index in [2.05, 4.69) is 30.4 Å². The molecular formula is C24H28N4O. The predicted octanol–water partition coefficient (Wildman–Crippen LogP) is 4.97. The molecule has 2 aromatic heterocycles. The molecule has 0 bridgehead atoms. The fourth-order valence-electron chi connectivity index (χ4n) is 4.02. The summed E-state index contributed by atoms with van der Waals surface area (Å²) < 4.78 is 1.83. The smallest absolute Gasteiger partial charge is 0.252 e. The number of fused-ring (bicyclic) bond motifs is 1. The third-order valence-corrected chi connectivity index (χ3v) is 5.58. The number of rotatable bonds is 5. The second-order valence-electron chi connectivity index (χ2n) is 7.96. The van der Waals surface area contributed by atoms with Gasteiger partial charge in [0.15, 0.2) is 5.65 Å². The van der Waals surface area contributed by atoms with Crippen molar-refractivity contribution < 1.29 is 4.79 Å². The summed E-state index contributed by atoms with van der Waals surface area (Å²) in [6, 6.07) is 10.0. The lowest BCUT2D eigenvalue weighted by Crippen LogP contribution is -2.25. The van der Waals surface area contributed by atoms with Gasteiger partial charge >= 0.3 is 0 Å². The molecule has 5 heteroatoms. The van der Waals surface area contributed by atoms with Crippen LogP contribution in [0.2, 0.25) is 0 Å². The number of amides is 1. The van der Waals surface area contributed by atoms with Crippen LogP contribution >= 0.6 is 0 Å². The van der Waals surface area contributed by atoms with E-state index < -0.39 is 0 Å². The summed E-state index contributed by atoms with van der Waals surface area (Å²) in [7, 11) is 0. The number of nitrogens with one attached hydrogen (secondary N) is 1. The van der Waals surface area contributed by atoms with Crippen LogP contribution in [0.1, 0.15) is 59.4 Å². The maximum Gasteiger partial charge on any atom is 0.252 e. The number of carbonyl (C=O) groups excluding carboxylic acids is 1. The van der Waals surface area contributed by atoms with Crippen molar-refractivity contribution in [1.29, 1.82) is 0 Å². The number of hydrogen-bond donors (Lipinski definition) is 1. The Morgan fingerprint density at radius 1 is 1.14 bits per heavy atom. The number of nitrogens with zero attached hydrogens (tertiary/aromatic N) is 3. The third kappa shape index (κ3) is 4.09. The molecule has 1 aliphatic carbocycles. The molecule has 0 unspecified atom stereocenters. The van der Waals surface area contributed by atoms with Crippen molar-refractivity contribution in [3.05, 3.63) is 64.5 Å². The minimum absolute atomic E-state index is 0.0523. The van der Waals surface area contributed by atoms with Crippen LogP contribution in [-0.4, -0.2) is 27.2 Å². The summed E-state index contributed by atoms with van der Waals surface area (Å²) in [6.45, 7) is 6.58. The van der Waals surface area contributed by atoms with Gasteiger partial charge in [0.05, 0.1) is 22.3 Å². The van der Waals surface area contributed by atoms with E-state index in [-0.39, 0.29) is 5.91 Å². The molecule has 0 radical (unpaired) electrons. The molecule has 0 fully saturated rings. The highest BCUT2D eigenvalue weighted by Gasteiger charge is 2.19. The lowest BCUT2D eigenvalue weighted by molar-refractivity contribution is 0.0955. The molecule has 0 saturated heterocycles. The highest BCUT2D eigenvalue weighted by Crippen LogP contribution is 2.25. The lowest BCUT2D eigenvalue weighted by atomic mass is 9.97. The van der Waals surface area contributed by atoms with Gasteiger partial charge in [-0.1, -0.05) is 29.3 Å². The Hall–Kier alpha value is -2.95. The molecule has 3 aromatic rings. The van der Waals surface area contributed by atoms with Crippen molar-refractivity contribution in [2.24, 2.45) is 0 Å². The molecular weight excluding hydrogens is 360 g/mol. The van der Waals surface area contributed by atoms with E-state index in [1.54, 1.807) is 0 Å². The molecule has 1 aliphatic rings. The van der Waals surface area contributed by atoms with Crippen molar-refractivity contribution in [2.75, 3.05) is 6.54 Å². The summed E-state index contributed by atoms with van der Waals surface area (Å²) >= 11 is 0. The van der Waals surface area contributed by atoms with E-state index >= 15 is 0 Å². The Balaban J connectivity index is 1.63. The van der Waals surface area contributed by atoms with Gasteiger partial charge in [0.2, 0.25) is 0 Å². The Bertz CT molecular complexity index is 1080. The molecule has 29 heavy (non-hydrogen) atoms. The van der Waals surface area contributed by atoms with E-state index in [9.17, 15) is 4.79 Å². The van der Waals surface area contributed by atoms with Crippen LogP contribution in [0.25, 0.3) is 16.7 Å². The van der Waals surface area contributed by atoms with Gasteiger partial charge in [-0.2, -0.15) is 5.10 Å². The zero-order valence-corrected chi connectivity index (χ0v) is 17.5. The first-order valence-corrected chi connectivity index (χ1v) is 10.4. The van der Waals surface area contributed by atoms with Crippen LogP contribution in [-0.2, 0) is 0 Å². The molecule has 1 aromatic carbocycles. The van der Waals surface area contributed by atoms with E-state index in [0.29, 0.717) is 12.1 Å². The SMILES string of the molecule is Cc1ccc(-n2nc(C)c3c(C(=O)NCCC4=CCCCC4)cc(C)nc32)cc1. The first-order valence-electron chi connectivity index (χ1n) is 10.4. The molecule has 0 spiro atoms. The quantitative estimate of drug-likeness (QED) is 0.628. The van der Waals surface area contributed by atoms with E-state index in [1.807, 2.05) is 36.7 Å². The van der Waals surface area contributed by atoms with Gasteiger partial charge in [-0.15, -0.1) is 0 Å². The molecule has 0 aliphatic heterocycles. The fraction of sp³-hybridized carbons (Fsp3) is 0.375. The van der Waals surface area contributed by atoms with Crippen LogP contribution in [0.4, 0.5) is 0 Å². The summed E-state index contributed by atoms with van der Waals surface area (Å²) in [6.07, 6.45) is 8.15. The van der Waals surface area contributed by atoms with E-state index in [4.69, 9.17) is 10.1 Å². The van der Waals surface area contributed by atoms with Gasteiger partial charge in [-0.05, 0) is 71.1 Å². The first-order chi connectivity index (χ1) is 14.0. The fourth-order valence-corrected chi connectivity index (χ4v) is 4.02. The summed E-state index contributed by atoms with van der Waals surface area (Å²) in [4.78, 5) is 17.7. The van der Waals surface area contributed by atoms with Crippen molar-refractivity contribution in [2.45, 2.75) is 52.9 Å². The number of carbonyl (C=O) groups is 1. The van der Waals surface area contributed by atoms with Gasteiger partial charge in [-0.25, -0.2) is 9.67 Å². The highest BCUT2D eigenvalue weighted by molar-refractivity contribution is 6.06. The topological polar surface area (TPSA) is 59.8 Å². The molecule has 1 N–H and O–H groups in total. The largest absolute Gasteiger partial charge is 0.352 e. The molecule has 1 amide bonds. The highest BCUT2D eigenvalue weighted by atomic mass is 16.1. The van der Waals surface area contributed by atoms with Gasteiger partial charge in [0, 0.05) is 12.2 Å². The average Bonchev–Trinajstić information content (AvgIpc) is 3.05. The number of hydrogen-bond acceptors (Lipinski definition) is 3. The molecule has 150 valence electrons. The Morgan fingerprint density at radius 2 is 1.93 bits per heavy atom. The summed E-state index contributed by atoms with van der Waals surface area (Å²) in [5.74, 6) is -0.0523. The maximum absolute atomic E-state index is 13.0. The molecule has 0 saturated carbocycles. The molecule has 4 rings (SSSR count). The third-order valence-electron chi connectivity index (χ3n) is 5.58. The van der Waals surface area contributed by atoms with E-state index in [0.717, 1.165) is 41.0 Å². The van der Waals surface area contributed by atoms with Crippen LogP contribution < -0.4 is 5.32 Å². The van der Waals surface area contributed by atoms with Gasteiger partial charge in [0.25, 0.3) is 5.91 Å². The van der Waals surface area contributed by atoms with Gasteiger partial charge in [-0.3, -0.25) is 4.79 Å². The van der Waals surface area contributed by atoms with Crippen molar-refractivity contribution in [3.8, 4) is 5.69 Å². The standard InChI is InChI=1S/C24H28N4O/c1-16-9-11-20(12-10-16)28-23-22(18(3)27-28)21(15-17(2)26-23)24(29)25-14-13-19-7-5-4-6-8-19/h7,9-12,15H,4-6,8,13-14H2,1-3H3,(H,25,29). The number of aryl methyl sites for hydroxylation is 3. The van der Waals surface area contributed by atoms with Crippen molar-refractivity contribution >= 4 is 16.9 Å². The number of benzene rings is 1. The average molecular weight is 389 g/mol. The van der Waals surface area contributed by atoms with Gasteiger partial charge in [0.1, 0.15) is 0 Å². The van der Waals surface area contributed by atoms with Crippen molar-refractivity contribution in [1.82, 2.24) is 20.1 Å². The lowest BCUT2D eigenvalue weighted by Gasteiger charge is -2.13. The first kappa shape index (κ1) is 19.4. The van der Waals surface area contributed by atoms with Crippen molar-refractivity contribution in [3.63, 3.8) is 0 Å². The molecule has 5 nitrogen and oxygen atoms in total. The minimum Gasteiger partial charge on any atom is -0.352 e. The Morgan fingerprint density at radius 3 is 2.66 bits per heavy atom. The number of aromatic nitrogens is 3. The van der Waals surface area contributed by atoms with Crippen LogP contribution in [0.3, 0.4) is 0 Å². The van der Waals surface area contributed by atoms with E-state index in [1.165, 1.54) is 30.4 Å². The number of pyridine rings is 1. The monoisotopic (exact) mass is 388 g/mol. The zero-order valence-electron chi connectivity index (χ0n) is 17.5. The van der Waals surface area contributed by atoms with Crippen LogP contribution in [0, 0.1) is 20.8 Å².